The molecule has 0 aromatic carbocycles. The number of nitrogens with one attached hydrogen (secondary N) is 1. The molecule has 0 radical (unpaired) electrons. The van der Waals surface area contributed by atoms with Crippen LogP contribution in [-0.2, 0) is 9.59 Å². The van der Waals surface area contributed by atoms with Crippen molar-refractivity contribution in [1.82, 2.24) is 15.1 Å². The van der Waals surface area contributed by atoms with Gasteiger partial charge in [0.05, 0.1) is 0 Å². The van der Waals surface area contributed by atoms with Crippen molar-refractivity contribution in [2.45, 2.75) is 26.2 Å². The molecule has 0 unspecified atom stereocenters. The van der Waals surface area contributed by atoms with Crippen LogP contribution < -0.4 is 5.32 Å². The molecule has 0 saturated carbocycles. The Morgan fingerprint density at radius 2 is 1.89 bits per heavy atom. The van der Waals surface area contributed by atoms with Gasteiger partial charge in [-0.1, -0.05) is 6.92 Å². The molecule has 0 aromatic rings. The lowest BCUT2D eigenvalue weighted by atomic mass is 9.96. The second-order valence-electron chi connectivity index (χ2n) is 4.91. The van der Waals surface area contributed by atoms with Crippen molar-refractivity contribution >= 4 is 17.8 Å². The quantitative estimate of drug-likeness (QED) is 0.729. The standard InChI is InChI=1S/C12H19N3O3/c1-2-14-5-3-9(4-6-14)8-15-11(17)7-10(16)13-12(15)18/h9H,2-8H2,1H3,(H,13,16,18). The second kappa shape index (κ2) is 5.48. The summed E-state index contributed by atoms with van der Waals surface area (Å²) in [7, 11) is 0. The van der Waals surface area contributed by atoms with Crippen molar-refractivity contribution in [3.05, 3.63) is 0 Å². The van der Waals surface area contributed by atoms with Gasteiger partial charge in [0.15, 0.2) is 0 Å². The smallest absolute Gasteiger partial charge is 0.304 e. The van der Waals surface area contributed by atoms with E-state index in [2.05, 4.69) is 17.1 Å². The Kier molecular flexibility index (Phi) is 3.96. The first kappa shape index (κ1) is 13.0. The fraction of sp³-hybridized carbons (Fsp3) is 0.750. The van der Waals surface area contributed by atoms with Crippen molar-refractivity contribution in [3.63, 3.8) is 0 Å². The van der Waals surface area contributed by atoms with Crippen LogP contribution in [0.3, 0.4) is 0 Å². The molecular formula is C12H19N3O3. The summed E-state index contributed by atoms with van der Waals surface area (Å²) in [5.41, 5.74) is 0. The Hall–Kier alpha value is -1.43. The third-order valence-electron chi connectivity index (χ3n) is 3.70. The highest BCUT2D eigenvalue weighted by molar-refractivity contribution is 6.14. The summed E-state index contributed by atoms with van der Waals surface area (Å²) in [6.07, 6.45) is 1.79. The van der Waals surface area contributed by atoms with E-state index >= 15 is 0 Å². The molecule has 2 aliphatic heterocycles. The molecule has 1 N–H and O–H groups in total. The van der Waals surface area contributed by atoms with Crippen LogP contribution in [0.15, 0.2) is 0 Å². The minimum absolute atomic E-state index is 0.209. The Labute approximate surface area is 106 Å². The molecule has 0 bridgehead atoms. The zero-order valence-corrected chi connectivity index (χ0v) is 10.6. The highest BCUT2D eigenvalue weighted by atomic mass is 16.2. The first-order valence-electron chi connectivity index (χ1n) is 6.46. The summed E-state index contributed by atoms with van der Waals surface area (Å²) in [5, 5.41) is 2.19. The van der Waals surface area contributed by atoms with E-state index in [4.69, 9.17) is 0 Å². The normalized spacial score (nSPS) is 23.4. The number of hydrogen-bond donors (Lipinski definition) is 1. The van der Waals surface area contributed by atoms with Crippen molar-refractivity contribution in [2.24, 2.45) is 5.92 Å². The van der Waals surface area contributed by atoms with Crippen molar-refractivity contribution < 1.29 is 14.4 Å². The molecule has 0 atom stereocenters. The van der Waals surface area contributed by atoms with Gasteiger partial charge in [0, 0.05) is 6.54 Å². The molecular weight excluding hydrogens is 234 g/mol. The number of carbonyl (C=O) groups excluding carboxylic acids is 3. The monoisotopic (exact) mass is 253 g/mol. The molecule has 6 nitrogen and oxygen atoms in total. The number of carbonyl (C=O) groups is 3. The summed E-state index contributed by atoms with van der Waals surface area (Å²) in [6, 6.07) is -0.561. The maximum atomic E-state index is 11.6. The molecule has 2 rings (SSSR count). The van der Waals surface area contributed by atoms with Crippen LogP contribution >= 0.6 is 0 Å². The first-order valence-corrected chi connectivity index (χ1v) is 6.46. The van der Waals surface area contributed by atoms with Crippen LogP contribution in [0.1, 0.15) is 26.2 Å². The van der Waals surface area contributed by atoms with Crippen molar-refractivity contribution in [3.8, 4) is 0 Å². The number of piperidine rings is 1. The van der Waals surface area contributed by atoms with Gasteiger partial charge in [-0.05, 0) is 38.4 Å². The van der Waals surface area contributed by atoms with E-state index in [1.54, 1.807) is 0 Å². The second-order valence-corrected chi connectivity index (χ2v) is 4.91. The lowest BCUT2D eigenvalue weighted by Crippen LogP contribution is -2.54. The number of hydrogen-bond acceptors (Lipinski definition) is 4. The predicted octanol–water partition coefficient (Wildman–Crippen LogP) is 0.187. The van der Waals surface area contributed by atoms with E-state index in [9.17, 15) is 14.4 Å². The number of likely N-dealkylation sites (tertiary alicyclic amines) is 1. The van der Waals surface area contributed by atoms with Gasteiger partial charge in [0.1, 0.15) is 6.42 Å². The molecule has 4 amide bonds. The summed E-state index contributed by atoms with van der Waals surface area (Å²) in [5.74, 6) is -0.514. The molecule has 2 aliphatic rings. The number of rotatable bonds is 3. The zero-order chi connectivity index (χ0) is 13.1. The van der Waals surface area contributed by atoms with Gasteiger partial charge < -0.3 is 4.90 Å². The molecule has 100 valence electrons. The van der Waals surface area contributed by atoms with Crippen LogP contribution in [0.2, 0.25) is 0 Å². The van der Waals surface area contributed by atoms with E-state index in [0.717, 1.165) is 32.5 Å². The van der Waals surface area contributed by atoms with Gasteiger partial charge >= 0.3 is 6.03 Å². The first-order chi connectivity index (χ1) is 8.60. The average molecular weight is 253 g/mol. The molecule has 0 spiro atoms. The highest BCUT2D eigenvalue weighted by Gasteiger charge is 2.33. The van der Waals surface area contributed by atoms with Crippen molar-refractivity contribution in [1.29, 1.82) is 0 Å². The van der Waals surface area contributed by atoms with Crippen molar-refractivity contribution in [2.75, 3.05) is 26.2 Å². The average Bonchev–Trinajstić information content (AvgIpc) is 2.34. The Morgan fingerprint density at radius 3 is 2.44 bits per heavy atom. The van der Waals surface area contributed by atoms with E-state index in [1.807, 2.05) is 0 Å². The summed E-state index contributed by atoms with van der Waals surface area (Å²) < 4.78 is 0. The van der Waals surface area contributed by atoms with Gasteiger partial charge in [0.25, 0.3) is 0 Å². The summed E-state index contributed by atoms with van der Waals surface area (Å²) in [6.45, 7) is 5.65. The van der Waals surface area contributed by atoms with E-state index in [0.29, 0.717) is 12.5 Å². The van der Waals surface area contributed by atoms with E-state index < -0.39 is 11.9 Å². The summed E-state index contributed by atoms with van der Waals surface area (Å²) >= 11 is 0. The number of urea groups is 1. The maximum Gasteiger partial charge on any atom is 0.330 e. The number of barbiturate groups is 1. The fourth-order valence-electron chi connectivity index (χ4n) is 2.51. The van der Waals surface area contributed by atoms with E-state index in [-0.39, 0.29) is 12.3 Å². The van der Waals surface area contributed by atoms with Crippen LogP contribution in [0.25, 0.3) is 0 Å². The van der Waals surface area contributed by atoms with E-state index in [1.165, 1.54) is 4.90 Å². The summed E-state index contributed by atoms with van der Waals surface area (Å²) in [4.78, 5) is 37.8. The van der Waals surface area contributed by atoms with Crippen LogP contribution in [0.4, 0.5) is 4.79 Å². The zero-order valence-electron chi connectivity index (χ0n) is 10.6. The SMILES string of the molecule is CCN1CCC(CN2C(=O)CC(=O)NC2=O)CC1. The lowest BCUT2D eigenvalue weighted by Gasteiger charge is -2.34. The van der Waals surface area contributed by atoms with Crippen LogP contribution in [0.5, 0.6) is 0 Å². The molecule has 2 fully saturated rings. The maximum absolute atomic E-state index is 11.6. The molecule has 18 heavy (non-hydrogen) atoms. The van der Waals surface area contributed by atoms with Gasteiger partial charge in [-0.3, -0.25) is 19.8 Å². The van der Waals surface area contributed by atoms with Gasteiger partial charge in [-0.25, -0.2) is 4.79 Å². The molecule has 0 aromatic heterocycles. The van der Waals surface area contributed by atoms with Gasteiger partial charge in [0.2, 0.25) is 11.8 Å². The number of amides is 4. The molecule has 2 heterocycles. The Balaban J connectivity index is 1.88. The Bertz CT molecular complexity index is 342. The minimum atomic E-state index is -0.561. The molecule has 0 aliphatic carbocycles. The third kappa shape index (κ3) is 2.87. The Morgan fingerprint density at radius 1 is 1.22 bits per heavy atom. The largest absolute Gasteiger partial charge is 0.330 e. The van der Waals surface area contributed by atoms with Crippen LogP contribution in [0, 0.1) is 5.92 Å². The van der Waals surface area contributed by atoms with Gasteiger partial charge in [-0.15, -0.1) is 0 Å². The molecule has 6 heteroatoms. The van der Waals surface area contributed by atoms with Crippen LogP contribution in [-0.4, -0.2) is 53.8 Å². The predicted molar refractivity (Wildman–Crippen MR) is 64.7 cm³/mol. The highest BCUT2D eigenvalue weighted by Crippen LogP contribution is 2.19. The lowest BCUT2D eigenvalue weighted by molar-refractivity contribution is -0.136. The third-order valence-corrected chi connectivity index (χ3v) is 3.70. The topological polar surface area (TPSA) is 69.7 Å². The number of nitrogens with zero attached hydrogens (tertiary/aromatic N) is 2. The molecule has 2 saturated heterocycles. The minimum Gasteiger partial charge on any atom is -0.304 e. The number of imide groups is 2. The fourth-order valence-corrected chi connectivity index (χ4v) is 2.51. The van der Waals surface area contributed by atoms with Gasteiger partial charge in [-0.2, -0.15) is 0 Å².